The molecule has 3 N–H and O–H groups in total. The molecule has 0 unspecified atom stereocenters. The van der Waals surface area contributed by atoms with E-state index in [0.29, 0.717) is 24.2 Å². The lowest BCUT2D eigenvalue weighted by Gasteiger charge is -2.09. The van der Waals surface area contributed by atoms with Crippen molar-refractivity contribution >= 4 is 11.7 Å². The number of rotatable bonds is 4. The summed E-state index contributed by atoms with van der Waals surface area (Å²) >= 11 is 0. The van der Waals surface area contributed by atoms with E-state index in [1.807, 2.05) is 0 Å². The van der Waals surface area contributed by atoms with Crippen molar-refractivity contribution in [1.29, 1.82) is 0 Å². The fourth-order valence-electron chi connectivity index (χ4n) is 1.76. The third-order valence-corrected chi connectivity index (χ3v) is 2.79. The van der Waals surface area contributed by atoms with Crippen LogP contribution in [0.15, 0.2) is 48.5 Å². The Bertz CT molecular complexity index is 602. The number of aromatic hydroxyl groups is 1. The Balaban J connectivity index is 1.82. The van der Waals surface area contributed by atoms with Gasteiger partial charge in [0.05, 0.1) is 5.69 Å². The van der Waals surface area contributed by atoms with E-state index < -0.39 is 6.03 Å². The molecule has 0 atom stereocenters. The zero-order valence-corrected chi connectivity index (χ0v) is 10.8. The first-order valence-corrected chi connectivity index (χ1v) is 6.23. The van der Waals surface area contributed by atoms with E-state index in [1.54, 1.807) is 36.4 Å². The zero-order valence-electron chi connectivity index (χ0n) is 10.8. The molecule has 2 rings (SSSR count). The van der Waals surface area contributed by atoms with Crippen molar-refractivity contribution in [3.63, 3.8) is 0 Å². The molecule has 0 fully saturated rings. The molecule has 2 aromatic carbocycles. The number of hydrogen-bond donors (Lipinski definition) is 3. The van der Waals surface area contributed by atoms with Crippen LogP contribution in [-0.2, 0) is 6.42 Å². The molecule has 5 heteroatoms. The number of para-hydroxylation sites is 2. The normalized spacial score (nSPS) is 10.1. The molecule has 0 saturated carbocycles. The Hall–Kier alpha value is -2.56. The van der Waals surface area contributed by atoms with Gasteiger partial charge >= 0.3 is 6.03 Å². The van der Waals surface area contributed by atoms with Gasteiger partial charge in [-0.25, -0.2) is 9.18 Å². The van der Waals surface area contributed by atoms with E-state index >= 15 is 0 Å². The molecule has 20 heavy (non-hydrogen) atoms. The number of carbonyl (C=O) groups excluding carboxylic acids is 1. The molecule has 0 aromatic heterocycles. The van der Waals surface area contributed by atoms with E-state index in [2.05, 4.69) is 10.6 Å². The fraction of sp³-hybridized carbons (Fsp3) is 0.133. The van der Waals surface area contributed by atoms with Crippen molar-refractivity contribution < 1.29 is 14.3 Å². The lowest BCUT2D eigenvalue weighted by atomic mass is 10.1. The van der Waals surface area contributed by atoms with Gasteiger partial charge < -0.3 is 15.7 Å². The van der Waals surface area contributed by atoms with Crippen LogP contribution >= 0.6 is 0 Å². The summed E-state index contributed by atoms with van der Waals surface area (Å²) in [5.74, 6) is -0.285. The molecule has 104 valence electrons. The summed E-state index contributed by atoms with van der Waals surface area (Å²) in [7, 11) is 0. The number of amides is 2. The van der Waals surface area contributed by atoms with Crippen molar-refractivity contribution in [2.75, 3.05) is 11.9 Å². The molecule has 0 bridgehead atoms. The average molecular weight is 274 g/mol. The maximum absolute atomic E-state index is 13.4. The smallest absolute Gasteiger partial charge is 0.319 e. The van der Waals surface area contributed by atoms with Crippen LogP contribution in [0.3, 0.4) is 0 Å². The molecule has 0 heterocycles. The minimum atomic E-state index is -0.442. The van der Waals surface area contributed by atoms with Crippen LogP contribution in [0, 0.1) is 5.82 Å². The van der Waals surface area contributed by atoms with Crippen LogP contribution in [0.25, 0.3) is 0 Å². The SMILES string of the molecule is O=C(NCCc1ccccc1F)Nc1ccccc1O. The number of nitrogens with one attached hydrogen (secondary N) is 2. The van der Waals surface area contributed by atoms with Crippen LogP contribution in [-0.4, -0.2) is 17.7 Å². The number of phenolic OH excluding ortho intramolecular Hbond substituents is 1. The van der Waals surface area contributed by atoms with Gasteiger partial charge in [-0.05, 0) is 30.2 Å². The molecule has 0 radical (unpaired) electrons. The number of carbonyl (C=O) groups is 1. The predicted octanol–water partition coefficient (Wildman–Crippen LogP) is 2.90. The molecular formula is C15H15FN2O2. The summed E-state index contributed by atoms with van der Waals surface area (Å²) in [6.45, 7) is 0.306. The largest absolute Gasteiger partial charge is 0.506 e. The second-order valence-electron chi connectivity index (χ2n) is 4.24. The van der Waals surface area contributed by atoms with Gasteiger partial charge in [0.2, 0.25) is 0 Å². The Kier molecular flexibility index (Phi) is 4.55. The van der Waals surface area contributed by atoms with Crippen LogP contribution < -0.4 is 10.6 Å². The van der Waals surface area contributed by atoms with E-state index in [0.717, 1.165) is 0 Å². The molecule has 0 saturated heterocycles. The zero-order chi connectivity index (χ0) is 14.4. The van der Waals surface area contributed by atoms with E-state index in [4.69, 9.17) is 0 Å². The fourth-order valence-corrected chi connectivity index (χ4v) is 1.76. The van der Waals surface area contributed by atoms with Crippen LogP contribution in [0.1, 0.15) is 5.56 Å². The average Bonchev–Trinajstić information content (AvgIpc) is 2.43. The second-order valence-corrected chi connectivity index (χ2v) is 4.24. The third-order valence-electron chi connectivity index (χ3n) is 2.79. The van der Waals surface area contributed by atoms with Crippen molar-refractivity contribution in [2.24, 2.45) is 0 Å². The van der Waals surface area contributed by atoms with Crippen molar-refractivity contribution in [3.05, 3.63) is 59.9 Å². The van der Waals surface area contributed by atoms with Gasteiger partial charge in [-0.1, -0.05) is 30.3 Å². The molecule has 0 aliphatic rings. The summed E-state index contributed by atoms with van der Waals surface area (Å²) in [5.41, 5.74) is 0.881. The minimum Gasteiger partial charge on any atom is -0.506 e. The Labute approximate surface area is 116 Å². The van der Waals surface area contributed by atoms with E-state index in [-0.39, 0.29) is 11.6 Å². The molecule has 0 aliphatic carbocycles. The van der Waals surface area contributed by atoms with Gasteiger partial charge in [-0.2, -0.15) is 0 Å². The van der Waals surface area contributed by atoms with Crippen LogP contribution in [0.4, 0.5) is 14.9 Å². The number of benzene rings is 2. The first kappa shape index (κ1) is 13.9. The van der Waals surface area contributed by atoms with Crippen molar-refractivity contribution in [1.82, 2.24) is 5.32 Å². The maximum atomic E-state index is 13.4. The standard InChI is InChI=1S/C15H15FN2O2/c16-12-6-2-1-5-11(12)9-10-17-15(20)18-13-7-3-4-8-14(13)19/h1-8,19H,9-10H2,(H2,17,18,20). The summed E-state index contributed by atoms with van der Waals surface area (Å²) in [6.07, 6.45) is 0.404. The quantitative estimate of drug-likeness (QED) is 0.751. The highest BCUT2D eigenvalue weighted by Crippen LogP contribution is 2.21. The van der Waals surface area contributed by atoms with Crippen LogP contribution in [0.2, 0.25) is 0 Å². The molecule has 0 spiro atoms. The van der Waals surface area contributed by atoms with Crippen molar-refractivity contribution in [2.45, 2.75) is 6.42 Å². The van der Waals surface area contributed by atoms with Gasteiger partial charge in [0.1, 0.15) is 11.6 Å². The van der Waals surface area contributed by atoms with E-state index in [9.17, 15) is 14.3 Å². The van der Waals surface area contributed by atoms with Crippen molar-refractivity contribution in [3.8, 4) is 5.75 Å². The van der Waals surface area contributed by atoms with Gasteiger partial charge in [0.25, 0.3) is 0 Å². The van der Waals surface area contributed by atoms with Gasteiger partial charge in [-0.15, -0.1) is 0 Å². The molecule has 0 aliphatic heterocycles. The number of phenols is 1. The Morgan fingerprint density at radius 1 is 1.10 bits per heavy atom. The highest BCUT2D eigenvalue weighted by atomic mass is 19.1. The lowest BCUT2D eigenvalue weighted by Crippen LogP contribution is -2.30. The summed E-state index contributed by atoms with van der Waals surface area (Å²) in [4.78, 5) is 11.6. The third kappa shape index (κ3) is 3.71. The number of urea groups is 1. The number of hydrogen-bond acceptors (Lipinski definition) is 2. The second kappa shape index (κ2) is 6.56. The van der Waals surface area contributed by atoms with Gasteiger partial charge in [0, 0.05) is 6.54 Å². The van der Waals surface area contributed by atoms with Gasteiger partial charge in [-0.3, -0.25) is 0 Å². The predicted molar refractivity (Wildman–Crippen MR) is 75.2 cm³/mol. The molecular weight excluding hydrogens is 259 g/mol. The lowest BCUT2D eigenvalue weighted by molar-refractivity contribution is 0.252. The summed E-state index contributed by atoms with van der Waals surface area (Å²) in [5, 5.41) is 14.6. The minimum absolute atomic E-state index is 0.00301. The molecule has 2 aromatic rings. The highest BCUT2D eigenvalue weighted by Gasteiger charge is 2.05. The first-order valence-electron chi connectivity index (χ1n) is 6.23. The Morgan fingerprint density at radius 2 is 1.80 bits per heavy atom. The maximum Gasteiger partial charge on any atom is 0.319 e. The first-order chi connectivity index (χ1) is 9.66. The topological polar surface area (TPSA) is 61.4 Å². The molecule has 4 nitrogen and oxygen atoms in total. The molecule has 2 amide bonds. The summed E-state index contributed by atoms with van der Waals surface area (Å²) in [6, 6.07) is 12.4. The number of anilines is 1. The van der Waals surface area contributed by atoms with Crippen LogP contribution in [0.5, 0.6) is 5.75 Å². The van der Waals surface area contributed by atoms with Gasteiger partial charge in [0.15, 0.2) is 0 Å². The van der Waals surface area contributed by atoms with E-state index in [1.165, 1.54) is 12.1 Å². The summed E-state index contributed by atoms with van der Waals surface area (Å²) < 4.78 is 13.4. The number of halogens is 1. The highest BCUT2D eigenvalue weighted by molar-refractivity contribution is 5.90. The monoisotopic (exact) mass is 274 g/mol. The Morgan fingerprint density at radius 3 is 2.55 bits per heavy atom.